The van der Waals surface area contributed by atoms with E-state index in [1.165, 1.54) is 11.9 Å². The van der Waals surface area contributed by atoms with Gasteiger partial charge in [0.2, 0.25) is 6.41 Å². The van der Waals surface area contributed by atoms with Crippen molar-refractivity contribution in [3.05, 3.63) is 15.8 Å². The van der Waals surface area contributed by atoms with Crippen molar-refractivity contribution >= 4 is 29.4 Å². The van der Waals surface area contributed by atoms with E-state index in [9.17, 15) is 9.59 Å². The standard InChI is InChI=1S/C13H15NO3S/c1-13(2,3)6-5-9-7-10(14(4)8-15)11(18-9)12(16)17/h7-8H,1-4H3,(H,16,17). The lowest BCUT2D eigenvalue weighted by molar-refractivity contribution is -0.107. The molecule has 1 amide bonds. The number of hydrogen-bond acceptors (Lipinski definition) is 3. The van der Waals surface area contributed by atoms with Crippen LogP contribution in [-0.2, 0) is 4.79 Å². The van der Waals surface area contributed by atoms with Crippen LogP contribution in [0.3, 0.4) is 0 Å². The van der Waals surface area contributed by atoms with E-state index in [-0.39, 0.29) is 10.3 Å². The van der Waals surface area contributed by atoms with Crippen molar-refractivity contribution in [2.45, 2.75) is 20.8 Å². The van der Waals surface area contributed by atoms with Gasteiger partial charge in [-0.1, -0.05) is 11.8 Å². The summed E-state index contributed by atoms with van der Waals surface area (Å²) >= 11 is 1.08. The zero-order chi connectivity index (χ0) is 13.9. The third-order valence-corrected chi connectivity index (χ3v) is 3.03. The third kappa shape index (κ3) is 3.60. The number of aromatic carboxylic acids is 1. The number of amides is 1. The number of thiophene rings is 1. The predicted octanol–water partition coefficient (Wildman–Crippen LogP) is 2.44. The van der Waals surface area contributed by atoms with Gasteiger partial charge in [-0.3, -0.25) is 4.79 Å². The minimum absolute atomic E-state index is 0.128. The van der Waals surface area contributed by atoms with Crippen molar-refractivity contribution in [1.29, 1.82) is 0 Å². The van der Waals surface area contributed by atoms with Gasteiger partial charge in [-0.05, 0) is 26.8 Å². The molecular formula is C13H15NO3S. The van der Waals surface area contributed by atoms with E-state index in [0.29, 0.717) is 17.0 Å². The number of carbonyl (C=O) groups excluding carboxylic acids is 1. The Morgan fingerprint density at radius 2 is 2.11 bits per heavy atom. The molecule has 5 heteroatoms. The molecule has 0 atom stereocenters. The van der Waals surface area contributed by atoms with Crippen molar-refractivity contribution in [2.75, 3.05) is 11.9 Å². The van der Waals surface area contributed by atoms with E-state index >= 15 is 0 Å². The van der Waals surface area contributed by atoms with Crippen LogP contribution in [0, 0.1) is 17.3 Å². The predicted molar refractivity (Wildman–Crippen MR) is 72.1 cm³/mol. The maximum atomic E-state index is 11.1. The molecule has 0 aliphatic heterocycles. The number of anilines is 1. The molecule has 0 unspecified atom stereocenters. The quantitative estimate of drug-likeness (QED) is 0.674. The van der Waals surface area contributed by atoms with Gasteiger partial charge in [0.25, 0.3) is 0 Å². The molecule has 1 rings (SSSR count). The lowest BCUT2D eigenvalue weighted by Gasteiger charge is -2.08. The Labute approximate surface area is 110 Å². The Kier molecular flexibility index (Phi) is 4.15. The van der Waals surface area contributed by atoms with Crippen molar-refractivity contribution in [1.82, 2.24) is 0 Å². The van der Waals surface area contributed by atoms with E-state index in [2.05, 4.69) is 11.8 Å². The number of carboxylic acids is 1. The third-order valence-electron chi connectivity index (χ3n) is 2.01. The van der Waals surface area contributed by atoms with Gasteiger partial charge in [-0.15, -0.1) is 11.3 Å². The topological polar surface area (TPSA) is 57.6 Å². The maximum Gasteiger partial charge on any atom is 0.348 e. The number of hydrogen-bond donors (Lipinski definition) is 1. The molecular weight excluding hydrogens is 250 g/mol. The molecule has 1 aromatic rings. The Balaban J connectivity index is 3.21. The summed E-state index contributed by atoms with van der Waals surface area (Å²) in [5.74, 6) is 4.93. The normalized spacial score (nSPS) is 10.4. The van der Waals surface area contributed by atoms with Crippen molar-refractivity contribution in [2.24, 2.45) is 5.41 Å². The Morgan fingerprint density at radius 1 is 1.50 bits per heavy atom. The summed E-state index contributed by atoms with van der Waals surface area (Å²) in [7, 11) is 1.52. The van der Waals surface area contributed by atoms with E-state index in [4.69, 9.17) is 5.11 Å². The van der Waals surface area contributed by atoms with E-state index in [0.717, 1.165) is 11.3 Å². The smallest absolute Gasteiger partial charge is 0.348 e. The average molecular weight is 265 g/mol. The van der Waals surface area contributed by atoms with Crippen molar-refractivity contribution in [3.63, 3.8) is 0 Å². The van der Waals surface area contributed by atoms with Gasteiger partial charge < -0.3 is 10.0 Å². The fourth-order valence-electron chi connectivity index (χ4n) is 1.16. The Hall–Kier alpha value is -1.80. The van der Waals surface area contributed by atoms with Crippen LogP contribution in [0.1, 0.15) is 35.3 Å². The molecule has 0 spiro atoms. The first-order valence-corrected chi connectivity index (χ1v) is 6.14. The lowest BCUT2D eigenvalue weighted by Crippen LogP contribution is -2.15. The molecule has 96 valence electrons. The highest BCUT2D eigenvalue weighted by Gasteiger charge is 2.17. The molecule has 0 saturated carbocycles. The van der Waals surface area contributed by atoms with Gasteiger partial charge in [0.1, 0.15) is 4.88 Å². The van der Waals surface area contributed by atoms with Gasteiger partial charge in [0.15, 0.2) is 0 Å². The first-order chi connectivity index (χ1) is 8.24. The largest absolute Gasteiger partial charge is 0.477 e. The van der Waals surface area contributed by atoms with Crippen LogP contribution >= 0.6 is 11.3 Å². The van der Waals surface area contributed by atoms with Gasteiger partial charge >= 0.3 is 5.97 Å². The number of carboxylic acid groups (broad SMARTS) is 1. The molecule has 0 aliphatic rings. The van der Waals surface area contributed by atoms with Crippen LogP contribution in [0.25, 0.3) is 0 Å². The summed E-state index contributed by atoms with van der Waals surface area (Å²) in [4.78, 5) is 23.8. The SMILES string of the molecule is CN(C=O)c1cc(C#CC(C)(C)C)sc1C(=O)O. The van der Waals surface area contributed by atoms with Crippen molar-refractivity contribution < 1.29 is 14.7 Å². The average Bonchev–Trinajstić information content (AvgIpc) is 2.68. The maximum absolute atomic E-state index is 11.1. The Bertz CT molecular complexity index is 529. The fourth-order valence-corrected chi connectivity index (χ4v) is 2.05. The zero-order valence-corrected chi connectivity index (χ0v) is 11.6. The van der Waals surface area contributed by atoms with Crippen LogP contribution in [-0.4, -0.2) is 24.5 Å². The van der Waals surface area contributed by atoms with Gasteiger partial charge in [-0.2, -0.15) is 0 Å². The summed E-state index contributed by atoms with van der Waals surface area (Å²) in [5, 5.41) is 9.07. The first-order valence-electron chi connectivity index (χ1n) is 5.33. The second-order valence-electron chi connectivity index (χ2n) is 4.85. The molecule has 0 fully saturated rings. The molecule has 4 nitrogen and oxygen atoms in total. The summed E-state index contributed by atoms with van der Waals surface area (Å²) in [6.45, 7) is 5.93. The summed E-state index contributed by atoms with van der Waals surface area (Å²) in [6, 6.07) is 1.63. The minimum atomic E-state index is -1.05. The van der Waals surface area contributed by atoms with Crippen LogP contribution < -0.4 is 4.90 Å². The van der Waals surface area contributed by atoms with E-state index < -0.39 is 5.97 Å². The van der Waals surface area contributed by atoms with Crippen molar-refractivity contribution in [3.8, 4) is 11.8 Å². The molecule has 18 heavy (non-hydrogen) atoms. The number of nitrogens with zero attached hydrogens (tertiary/aromatic N) is 1. The number of rotatable bonds is 3. The highest BCUT2D eigenvalue weighted by molar-refractivity contribution is 7.15. The summed E-state index contributed by atoms with van der Waals surface area (Å²) < 4.78 is 0. The molecule has 0 aliphatic carbocycles. The highest BCUT2D eigenvalue weighted by Crippen LogP contribution is 2.29. The minimum Gasteiger partial charge on any atom is -0.477 e. The van der Waals surface area contributed by atoms with E-state index in [1.54, 1.807) is 6.07 Å². The molecule has 1 aromatic heterocycles. The summed E-state index contributed by atoms with van der Waals surface area (Å²) in [5.41, 5.74) is 0.227. The first kappa shape index (κ1) is 14.3. The van der Waals surface area contributed by atoms with Gasteiger partial charge in [0.05, 0.1) is 10.6 Å². The second-order valence-corrected chi connectivity index (χ2v) is 5.90. The number of carbonyl (C=O) groups is 2. The van der Waals surface area contributed by atoms with Crippen LogP contribution in [0.15, 0.2) is 6.07 Å². The van der Waals surface area contributed by atoms with E-state index in [1.807, 2.05) is 20.8 Å². The van der Waals surface area contributed by atoms with Crippen LogP contribution in [0.4, 0.5) is 5.69 Å². The second kappa shape index (κ2) is 5.23. The highest BCUT2D eigenvalue weighted by atomic mass is 32.1. The zero-order valence-electron chi connectivity index (χ0n) is 10.8. The fraction of sp³-hybridized carbons (Fsp3) is 0.385. The molecule has 0 saturated heterocycles. The van der Waals surface area contributed by atoms with Gasteiger partial charge in [-0.25, -0.2) is 4.79 Å². The molecule has 0 bridgehead atoms. The van der Waals surface area contributed by atoms with Crippen LogP contribution in [0.2, 0.25) is 0 Å². The Morgan fingerprint density at radius 3 is 2.56 bits per heavy atom. The molecule has 0 aromatic carbocycles. The lowest BCUT2D eigenvalue weighted by atomic mass is 9.98. The van der Waals surface area contributed by atoms with Crippen LogP contribution in [0.5, 0.6) is 0 Å². The molecule has 1 N–H and O–H groups in total. The van der Waals surface area contributed by atoms with Gasteiger partial charge in [0, 0.05) is 12.5 Å². The summed E-state index contributed by atoms with van der Waals surface area (Å²) in [6.07, 6.45) is 0.579. The molecule has 1 heterocycles. The monoisotopic (exact) mass is 265 g/mol. The molecule has 0 radical (unpaired) electrons.